The number of oxazole rings is 1. The zero-order chi connectivity index (χ0) is 20.9. The first-order chi connectivity index (χ1) is 14.7. The Morgan fingerprint density at radius 3 is 2.87 bits per heavy atom. The molecule has 1 unspecified atom stereocenters. The molecule has 3 N–H and O–H groups in total. The number of methoxy groups -OCH3 is 1. The van der Waals surface area contributed by atoms with Crippen molar-refractivity contribution in [1.82, 2.24) is 19.9 Å². The molecular formula is C20H25N7O3. The van der Waals surface area contributed by atoms with Gasteiger partial charge in [-0.25, -0.2) is 4.98 Å². The van der Waals surface area contributed by atoms with Crippen molar-refractivity contribution in [2.45, 2.75) is 12.8 Å². The molecule has 0 spiro atoms. The number of benzene rings is 1. The van der Waals surface area contributed by atoms with Crippen LogP contribution in [0.2, 0.25) is 0 Å². The monoisotopic (exact) mass is 411 g/mol. The van der Waals surface area contributed by atoms with E-state index in [1.165, 1.54) is 6.39 Å². The van der Waals surface area contributed by atoms with Gasteiger partial charge in [0.25, 0.3) is 0 Å². The van der Waals surface area contributed by atoms with Gasteiger partial charge in [-0.15, -0.1) is 0 Å². The van der Waals surface area contributed by atoms with Crippen LogP contribution in [0.25, 0.3) is 11.3 Å². The summed E-state index contributed by atoms with van der Waals surface area (Å²) in [6, 6.07) is 5.63. The summed E-state index contributed by atoms with van der Waals surface area (Å²) in [6.07, 6.45) is 5.03. The molecule has 0 aliphatic carbocycles. The van der Waals surface area contributed by atoms with Crippen LogP contribution in [-0.4, -0.2) is 58.9 Å². The molecule has 10 nitrogen and oxygen atoms in total. The number of anilines is 4. The highest BCUT2D eigenvalue weighted by molar-refractivity contribution is 5.71. The van der Waals surface area contributed by atoms with E-state index < -0.39 is 0 Å². The van der Waals surface area contributed by atoms with E-state index in [-0.39, 0.29) is 12.5 Å². The van der Waals surface area contributed by atoms with Crippen molar-refractivity contribution < 1.29 is 14.3 Å². The Morgan fingerprint density at radius 1 is 1.27 bits per heavy atom. The molecule has 0 radical (unpaired) electrons. The van der Waals surface area contributed by atoms with Gasteiger partial charge in [0.05, 0.1) is 18.9 Å². The van der Waals surface area contributed by atoms with Crippen LogP contribution < -0.4 is 20.3 Å². The van der Waals surface area contributed by atoms with Crippen molar-refractivity contribution in [3.63, 3.8) is 0 Å². The van der Waals surface area contributed by atoms with E-state index in [1.807, 2.05) is 18.2 Å². The number of piperidine rings is 1. The van der Waals surface area contributed by atoms with Crippen molar-refractivity contribution >= 4 is 23.5 Å². The number of ether oxygens (including phenoxy) is 1. The molecule has 3 heterocycles. The van der Waals surface area contributed by atoms with E-state index in [2.05, 4.69) is 35.5 Å². The first kappa shape index (κ1) is 19.9. The van der Waals surface area contributed by atoms with E-state index >= 15 is 0 Å². The van der Waals surface area contributed by atoms with Crippen LogP contribution in [-0.2, 0) is 0 Å². The smallest absolute Gasteiger partial charge is 0.233 e. The Balaban J connectivity index is 1.60. The predicted molar refractivity (Wildman–Crippen MR) is 113 cm³/mol. The van der Waals surface area contributed by atoms with Crippen LogP contribution >= 0.6 is 0 Å². The molecule has 1 aliphatic rings. The molecule has 3 aromatic rings. The first-order valence-electron chi connectivity index (χ1n) is 9.83. The minimum Gasteiger partial charge on any atom is -0.496 e. The summed E-state index contributed by atoms with van der Waals surface area (Å²) < 4.78 is 10.9. The number of aliphatic hydroxyl groups excluding tert-OH is 1. The molecule has 0 saturated carbocycles. The molecule has 30 heavy (non-hydrogen) atoms. The molecule has 1 aromatic carbocycles. The quantitative estimate of drug-likeness (QED) is 0.534. The lowest BCUT2D eigenvalue weighted by Gasteiger charge is -2.32. The number of aliphatic hydroxyl groups is 1. The minimum absolute atomic E-state index is 0.170. The molecule has 0 bridgehead atoms. The van der Waals surface area contributed by atoms with Crippen LogP contribution in [0.15, 0.2) is 35.2 Å². The van der Waals surface area contributed by atoms with E-state index in [4.69, 9.17) is 9.15 Å². The van der Waals surface area contributed by atoms with Crippen molar-refractivity contribution in [3.05, 3.63) is 30.8 Å². The maximum atomic E-state index is 9.52. The molecule has 1 atom stereocenters. The second-order valence-electron chi connectivity index (χ2n) is 7.08. The molecule has 1 saturated heterocycles. The number of hydrogen-bond donors (Lipinski definition) is 3. The summed E-state index contributed by atoms with van der Waals surface area (Å²) in [5.41, 5.74) is 1.57. The molecule has 10 heteroatoms. The van der Waals surface area contributed by atoms with E-state index in [1.54, 1.807) is 20.4 Å². The van der Waals surface area contributed by atoms with E-state index in [0.29, 0.717) is 29.4 Å². The summed E-state index contributed by atoms with van der Waals surface area (Å²) in [6.45, 7) is 1.74. The summed E-state index contributed by atoms with van der Waals surface area (Å²) >= 11 is 0. The van der Waals surface area contributed by atoms with Crippen molar-refractivity contribution in [1.29, 1.82) is 0 Å². The maximum Gasteiger partial charge on any atom is 0.233 e. The minimum atomic E-state index is 0.170. The molecule has 0 amide bonds. The van der Waals surface area contributed by atoms with Crippen LogP contribution in [0.1, 0.15) is 12.8 Å². The lowest BCUT2D eigenvalue weighted by molar-refractivity contribution is 0.208. The second kappa shape index (κ2) is 8.95. The van der Waals surface area contributed by atoms with Crippen molar-refractivity contribution in [2.75, 3.05) is 49.4 Å². The van der Waals surface area contributed by atoms with Gasteiger partial charge in [-0.2, -0.15) is 15.0 Å². The van der Waals surface area contributed by atoms with Gasteiger partial charge in [-0.05, 0) is 30.9 Å². The van der Waals surface area contributed by atoms with Gasteiger partial charge < -0.3 is 29.8 Å². The number of nitrogens with zero attached hydrogens (tertiary/aromatic N) is 5. The number of nitrogens with one attached hydrogen (secondary N) is 2. The summed E-state index contributed by atoms with van der Waals surface area (Å²) in [7, 11) is 3.37. The van der Waals surface area contributed by atoms with Crippen LogP contribution in [0.3, 0.4) is 0 Å². The number of rotatable bonds is 7. The fraction of sp³-hybridized carbons (Fsp3) is 0.400. The topological polar surface area (TPSA) is 121 Å². The maximum absolute atomic E-state index is 9.52. The third-order valence-corrected chi connectivity index (χ3v) is 5.06. The predicted octanol–water partition coefficient (Wildman–Crippen LogP) is 2.53. The first-order valence-corrected chi connectivity index (χ1v) is 9.83. The van der Waals surface area contributed by atoms with Crippen molar-refractivity contribution in [3.8, 4) is 17.1 Å². The fourth-order valence-corrected chi connectivity index (χ4v) is 3.52. The van der Waals surface area contributed by atoms with E-state index in [0.717, 1.165) is 37.2 Å². The van der Waals surface area contributed by atoms with Gasteiger partial charge in [-0.3, -0.25) is 0 Å². The summed E-state index contributed by atoms with van der Waals surface area (Å²) in [5.74, 6) is 2.98. The highest BCUT2D eigenvalue weighted by Gasteiger charge is 2.22. The molecule has 158 valence electrons. The second-order valence-corrected chi connectivity index (χ2v) is 7.08. The van der Waals surface area contributed by atoms with Crippen LogP contribution in [0, 0.1) is 5.92 Å². The van der Waals surface area contributed by atoms with Crippen LogP contribution in [0.5, 0.6) is 5.75 Å². The van der Waals surface area contributed by atoms with Crippen LogP contribution in [0.4, 0.5) is 23.5 Å². The summed E-state index contributed by atoms with van der Waals surface area (Å²) in [5, 5.41) is 15.7. The third-order valence-electron chi connectivity index (χ3n) is 5.06. The normalized spacial score (nSPS) is 16.4. The van der Waals surface area contributed by atoms with Gasteiger partial charge >= 0.3 is 0 Å². The highest BCUT2D eigenvalue weighted by Crippen LogP contribution is 2.33. The Labute approximate surface area is 174 Å². The van der Waals surface area contributed by atoms with Gasteiger partial charge in [-0.1, -0.05) is 0 Å². The lowest BCUT2D eigenvalue weighted by Crippen LogP contribution is -2.38. The standard InChI is InChI=1S/C20H25N7O3/c1-21-18-24-19(26-20(25-18)27-7-3-4-13(10-27)11-28)23-14-5-6-15(16(8-14)29-2)17-9-22-12-30-17/h5-6,8-9,12-13,28H,3-4,7,10-11H2,1-2H3,(H2,21,23,24,25,26). The Morgan fingerprint density at radius 2 is 2.13 bits per heavy atom. The average Bonchev–Trinajstić information content (AvgIpc) is 3.33. The largest absolute Gasteiger partial charge is 0.496 e. The number of hydrogen-bond acceptors (Lipinski definition) is 10. The Kier molecular flexibility index (Phi) is 5.94. The SMILES string of the molecule is CNc1nc(Nc2ccc(-c3cnco3)c(OC)c2)nc(N2CCCC(CO)C2)n1. The average molecular weight is 411 g/mol. The molecule has 1 aliphatic heterocycles. The highest BCUT2D eigenvalue weighted by atomic mass is 16.5. The van der Waals surface area contributed by atoms with E-state index in [9.17, 15) is 5.11 Å². The third kappa shape index (κ3) is 4.28. The zero-order valence-corrected chi connectivity index (χ0v) is 17.0. The number of aromatic nitrogens is 4. The van der Waals surface area contributed by atoms with Gasteiger partial charge in [0.2, 0.25) is 17.8 Å². The lowest BCUT2D eigenvalue weighted by atomic mass is 9.99. The fourth-order valence-electron chi connectivity index (χ4n) is 3.52. The van der Waals surface area contributed by atoms with Gasteiger partial charge in [0.1, 0.15) is 5.75 Å². The molecule has 1 fully saturated rings. The molecular weight excluding hydrogens is 386 g/mol. The Hall–Kier alpha value is -3.40. The summed E-state index contributed by atoms with van der Waals surface area (Å²) in [4.78, 5) is 19.6. The van der Waals surface area contributed by atoms with Gasteiger partial charge in [0, 0.05) is 38.5 Å². The zero-order valence-electron chi connectivity index (χ0n) is 17.0. The molecule has 2 aromatic heterocycles. The van der Waals surface area contributed by atoms with Gasteiger partial charge in [0.15, 0.2) is 12.2 Å². The molecule has 4 rings (SSSR count). The Bertz CT molecular complexity index is 981. The van der Waals surface area contributed by atoms with Crippen molar-refractivity contribution in [2.24, 2.45) is 5.92 Å².